The molecule has 1 aliphatic carbocycles. The molecule has 6 nitrogen and oxygen atoms in total. The highest BCUT2D eigenvalue weighted by atomic mass is 32.1. The summed E-state index contributed by atoms with van der Waals surface area (Å²) in [4.78, 5) is 26.0. The van der Waals surface area contributed by atoms with E-state index in [0.717, 1.165) is 37.7 Å². The average molecular weight is 413 g/mol. The standard InChI is InChI=1S/C22H24N2O4S/c1-14(28-20(25)12-15-8-6-7-10-18(15)27-2)21(26)24-22-17(13-23)16-9-4-3-5-11-19(16)29-22/h6-8,10,14H,3-5,9,11-12H2,1-2H3,(H,24,26)/t14-/m1/s1. The van der Waals surface area contributed by atoms with Crippen LogP contribution < -0.4 is 10.1 Å². The Morgan fingerprint density at radius 1 is 1.24 bits per heavy atom. The van der Waals surface area contributed by atoms with Gasteiger partial charge in [0.1, 0.15) is 16.8 Å². The zero-order valence-corrected chi connectivity index (χ0v) is 17.4. The minimum Gasteiger partial charge on any atom is -0.496 e. The van der Waals surface area contributed by atoms with Crippen LogP contribution in [0.15, 0.2) is 24.3 Å². The molecule has 1 amide bonds. The van der Waals surface area contributed by atoms with Gasteiger partial charge >= 0.3 is 5.97 Å². The lowest BCUT2D eigenvalue weighted by atomic mass is 10.1. The minimum atomic E-state index is -0.967. The van der Waals surface area contributed by atoms with Crippen LogP contribution in [0.5, 0.6) is 5.75 Å². The van der Waals surface area contributed by atoms with Crippen molar-refractivity contribution in [2.45, 2.75) is 51.6 Å². The molecule has 1 aromatic heterocycles. The van der Waals surface area contributed by atoms with Gasteiger partial charge in [-0.05, 0) is 44.2 Å². The topological polar surface area (TPSA) is 88.4 Å². The highest BCUT2D eigenvalue weighted by Gasteiger charge is 2.24. The third-order valence-electron chi connectivity index (χ3n) is 4.97. The van der Waals surface area contributed by atoms with Gasteiger partial charge < -0.3 is 14.8 Å². The highest BCUT2D eigenvalue weighted by molar-refractivity contribution is 7.16. The van der Waals surface area contributed by atoms with Crippen molar-refractivity contribution in [3.63, 3.8) is 0 Å². The van der Waals surface area contributed by atoms with Crippen molar-refractivity contribution in [3.05, 3.63) is 45.8 Å². The number of aryl methyl sites for hydroxylation is 1. The van der Waals surface area contributed by atoms with E-state index in [0.29, 0.717) is 21.9 Å². The quantitative estimate of drug-likeness (QED) is 0.572. The van der Waals surface area contributed by atoms with E-state index < -0.39 is 18.0 Å². The Balaban J connectivity index is 1.64. The fourth-order valence-electron chi connectivity index (χ4n) is 3.46. The lowest BCUT2D eigenvalue weighted by Gasteiger charge is -2.14. The summed E-state index contributed by atoms with van der Waals surface area (Å²) in [6.07, 6.45) is 4.17. The molecular formula is C22H24N2O4S. The largest absolute Gasteiger partial charge is 0.496 e. The SMILES string of the molecule is COc1ccccc1CC(=O)O[C@H](C)C(=O)Nc1sc2c(c1C#N)CCCCC2. The molecule has 0 radical (unpaired) electrons. The second-order valence-corrected chi connectivity index (χ2v) is 8.10. The number of thiophene rings is 1. The van der Waals surface area contributed by atoms with Gasteiger partial charge in [-0.3, -0.25) is 9.59 Å². The molecule has 1 heterocycles. The molecule has 0 saturated heterocycles. The number of hydrogen-bond donors (Lipinski definition) is 1. The van der Waals surface area contributed by atoms with E-state index in [9.17, 15) is 14.9 Å². The number of methoxy groups -OCH3 is 1. The Hall–Kier alpha value is -2.85. The molecule has 0 saturated carbocycles. The summed E-state index contributed by atoms with van der Waals surface area (Å²) < 4.78 is 10.5. The van der Waals surface area contributed by atoms with Crippen molar-refractivity contribution in [1.29, 1.82) is 5.26 Å². The zero-order valence-electron chi connectivity index (χ0n) is 16.6. The van der Waals surface area contributed by atoms with E-state index in [1.165, 1.54) is 30.2 Å². The normalized spacial score (nSPS) is 14.1. The third kappa shape index (κ3) is 4.96. The third-order valence-corrected chi connectivity index (χ3v) is 6.18. The van der Waals surface area contributed by atoms with Gasteiger partial charge in [0.2, 0.25) is 0 Å². The van der Waals surface area contributed by atoms with Gasteiger partial charge in [0, 0.05) is 10.4 Å². The number of amides is 1. The molecule has 2 aromatic rings. The molecule has 3 rings (SSSR count). The monoisotopic (exact) mass is 412 g/mol. The number of fused-ring (bicyclic) bond motifs is 1. The summed E-state index contributed by atoms with van der Waals surface area (Å²) >= 11 is 1.46. The fourth-order valence-corrected chi connectivity index (χ4v) is 4.70. The molecule has 0 bridgehead atoms. The van der Waals surface area contributed by atoms with Gasteiger partial charge in [-0.1, -0.05) is 24.6 Å². The second-order valence-electron chi connectivity index (χ2n) is 6.99. The number of hydrogen-bond acceptors (Lipinski definition) is 6. The summed E-state index contributed by atoms with van der Waals surface area (Å²) in [5.41, 5.74) is 2.31. The van der Waals surface area contributed by atoms with E-state index in [4.69, 9.17) is 9.47 Å². The second kappa shape index (κ2) is 9.57. The molecule has 0 aliphatic heterocycles. The van der Waals surface area contributed by atoms with Crippen LogP contribution >= 0.6 is 11.3 Å². The van der Waals surface area contributed by atoms with E-state index in [1.807, 2.05) is 12.1 Å². The Morgan fingerprint density at radius 2 is 2.00 bits per heavy atom. The van der Waals surface area contributed by atoms with Crippen molar-refractivity contribution in [2.24, 2.45) is 0 Å². The number of ether oxygens (including phenoxy) is 2. The first kappa shape index (κ1) is 20.9. The number of esters is 1. The van der Waals surface area contributed by atoms with Crippen molar-refractivity contribution in [3.8, 4) is 11.8 Å². The predicted octanol–water partition coefficient (Wildman–Crippen LogP) is 4.01. The summed E-state index contributed by atoms with van der Waals surface area (Å²) in [7, 11) is 1.54. The van der Waals surface area contributed by atoms with E-state index in [1.54, 1.807) is 12.1 Å². The maximum Gasteiger partial charge on any atom is 0.311 e. The Labute approximate surface area is 174 Å². The molecular weight excluding hydrogens is 388 g/mol. The summed E-state index contributed by atoms with van der Waals surface area (Å²) in [5.74, 6) is -0.355. The summed E-state index contributed by atoms with van der Waals surface area (Å²) in [6.45, 7) is 1.53. The van der Waals surface area contributed by atoms with Gasteiger partial charge in [0.15, 0.2) is 6.10 Å². The van der Waals surface area contributed by atoms with Crippen LogP contribution in [0, 0.1) is 11.3 Å². The van der Waals surface area contributed by atoms with Crippen LogP contribution in [0.3, 0.4) is 0 Å². The fraction of sp³-hybridized carbons (Fsp3) is 0.409. The maximum atomic E-state index is 12.6. The molecule has 29 heavy (non-hydrogen) atoms. The number of nitrogens with zero attached hydrogens (tertiary/aromatic N) is 1. The summed E-state index contributed by atoms with van der Waals surface area (Å²) in [6, 6.07) is 9.41. The number of carbonyl (C=O) groups is 2. The first-order valence-corrected chi connectivity index (χ1v) is 10.5. The molecule has 1 atom stereocenters. The molecule has 1 N–H and O–H groups in total. The number of carbonyl (C=O) groups excluding carboxylic acids is 2. The number of rotatable bonds is 6. The van der Waals surface area contributed by atoms with Crippen LogP contribution in [0.2, 0.25) is 0 Å². The Kier molecular flexibility index (Phi) is 6.89. The van der Waals surface area contributed by atoms with Gasteiger partial charge in [0.05, 0.1) is 19.1 Å². The first-order valence-electron chi connectivity index (χ1n) is 9.70. The van der Waals surface area contributed by atoms with Gasteiger partial charge in [-0.2, -0.15) is 5.26 Å². The minimum absolute atomic E-state index is 0.0123. The number of anilines is 1. The molecule has 0 unspecified atom stereocenters. The van der Waals surface area contributed by atoms with Crippen molar-refractivity contribution in [2.75, 3.05) is 12.4 Å². The van der Waals surface area contributed by atoms with Crippen molar-refractivity contribution in [1.82, 2.24) is 0 Å². The molecule has 152 valence electrons. The number of para-hydroxylation sites is 1. The molecule has 0 fully saturated rings. The van der Waals surface area contributed by atoms with Gasteiger partial charge in [-0.25, -0.2) is 0 Å². The van der Waals surface area contributed by atoms with Crippen LogP contribution in [0.4, 0.5) is 5.00 Å². The van der Waals surface area contributed by atoms with E-state index in [-0.39, 0.29) is 6.42 Å². The lowest BCUT2D eigenvalue weighted by Crippen LogP contribution is -2.30. The molecule has 1 aromatic carbocycles. The molecule has 7 heteroatoms. The van der Waals surface area contributed by atoms with E-state index in [2.05, 4.69) is 11.4 Å². The van der Waals surface area contributed by atoms with Crippen molar-refractivity contribution >= 4 is 28.2 Å². The number of nitriles is 1. The molecule has 0 spiro atoms. The number of nitrogens with one attached hydrogen (secondary N) is 1. The first-order chi connectivity index (χ1) is 14.0. The average Bonchev–Trinajstić information content (AvgIpc) is 2.87. The summed E-state index contributed by atoms with van der Waals surface area (Å²) in [5, 5.41) is 12.9. The number of benzene rings is 1. The van der Waals surface area contributed by atoms with Crippen LogP contribution in [-0.2, 0) is 33.6 Å². The van der Waals surface area contributed by atoms with Crippen molar-refractivity contribution < 1.29 is 19.1 Å². The Bertz CT molecular complexity index is 945. The van der Waals surface area contributed by atoms with Gasteiger partial charge in [-0.15, -0.1) is 11.3 Å². The highest BCUT2D eigenvalue weighted by Crippen LogP contribution is 2.37. The zero-order chi connectivity index (χ0) is 20.8. The lowest BCUT2D eigenvalue weighted by molar-refractivity contribution is -0.152. The van der Waals surface area contributed by atoms with Crippen LogP contribution in [0.1, 0.15) is 47.8 Å². The maximum absolute atomic E-state index is 12.6. The smallest absolute Gasteiger partial charge is 0.311 e. The van der Waals surface area contributed by atoms with Crippen LogP contribution in [-0.4, -0.2) is 25.1 Å². The predicted molar refractivity (Wildman–Crippen MR) is 111 cm³/mol. The van der Waals surface area contributed by atoms with E-state index >= 15 is 0 Å². The van der Waals surface area contributed by atoms with Crippen LogP contribution in [0.25, 0.3) is 0 Å². The molecule has 1 aliphatic rings. The Morgan fingerprint density at radius 3 is 2.76 bits per heavy atom. The van der Waals surface area contributed by atoms with Gasteiger partial charge in [0.25, 0.3) is 5.91 Å².